The van der Waals surface area contributed by atoms with Crippen LogP contribution in [0.1, 0.15) is 18.1 Å². The largest absolute Gasteiger partial charge is 0.377 e. The molecule has 0 fully saturated rings. The SMILES string of the molecule is CCOCc1ccccc1CNC(=O)CNC(=O)CN. The van der Waals surface area contributed by atoms with Gasteiger partial charge in [-0.25, -0.2) is 0 Å². The summed E-state index contributed by atoms with van der Waals surface area (Å²) < 4.78 is 5.38. The maximum absolute atomic E-state index is 11.6. The minimum atomic E-state index is -0.350. The van der Waals surface area contributed by atoms with E-state index in [2.05, 4.69) is 10.6 Å². The first-order valence-electron chi connectivity index (χ1n) is 6.55. The molecule has 6 nitrogen and oxygen atoms in total. The van der Waals surface area contributed by atoms with Crippen LogP contribution in [-0.2, 0) is 27.5 Å². The second-order valence-electron chi connectivity index (χ2n) is 4.16. The molecule has 0 heterocycles. The Morgan fingerprint density at radius 3 is 2.50 bits per heavy atom. The summed E-state index contributed by atoms with van der Waals surface area (Å²) in [5.74, 6) is -0.602. The number of hydrogen-bond donors (Lipinski definition) is 3. The normalized spacial score (nSPS) is 10.1. The Morgan fingerprint density at radius 1 is 1.15 bits per heavy atom. The maximum Gasteiger partial charge on any atom is 0.239 e. The minimum Gasteiger partial charge on any atom is -0.377 e. The highest BCUT2D eigenvalue weighted by molar-refractivity contribution is 5.85. The molecular formula is C14H21N3O3. The van der Waals surface area contributed by atoms with Crippen LogP contribution in [-0.4, -0.2) is 31.5 Å². The third kappa shape index (κ3) is 5.81. The van der Waals surface area contributed by atoms with Crippen molar-refractivity contribution in [1.29, 1.82) is 0 Å². The Labute approximate surface area is 118 Å². The van der Waals surface area contributed by atoms with Gasteiger partial charge >= 0.3 is 0 Å². The van der Waals surface area contributed by atoms with Gasteiger partial charge in [0.05, 0.1) is 19.7 Å². The molecule has 1 aromatic carbocycles. The Morgan fingerprint density at radius 2 is 1.85 bits per heavy atom. The van der Waals surface area contributed by atoms with E-state index in [-0.39, 0.29) is 24.9 Å². The van der Waals surface area contributed by atoms with E-state index in [1.165, 1.54) is 0 Å². The molecule has 0 aliphatic carbocycles. The summed E-state index contributed by atoms with van der Waals surface area (Å²) in [4.78, 5) is 22.5. The number of benzene rings is 1. The fourth-order valence-corrected chi connectivity index (χ4v) is 1.59. The molecule has 0 spiro atoms. The van der Waals surface area contributed by atoms with E-state index in [0.29, 0.717) is 19.8 Å². The molecule has 0 aromatic heterocycles. The van der Waals surface area contributed by atoms with Gasteiger partial charge in [-0.15, -0.1) is 0 Å². The summed E-state index contributed by atoms with van der Waals surface area (Å²) in [6, 6.07) is 7.74. The lowest BCUT2D eigenvalue weighted by Gasteiger charge is -2.11. The zero-order valence-corrected chi connectivity index (χ0v) is 11.6. The molecule has 0 radical (unpaired) electrons. The van der Waals surface area contributed by atoms with E-state index in [1.54, 1.807) is 0 Å². The highest BCUT2D eigenvalue weighted by Crippen LogP contribution is 2.09. The maximum atomic E-state index is 11.6. The summed E-state index contributed by atoms with van der Waals surface area (Å²) >= 11 is 0. The molecule has 6 heteroatoms. The molecule has 110 valence electrons. The molecule has 0 saturated heterocycles. The predicted molar refractivity (Wildman–Crippen MR) is 75.7 cm³/mol. The van der Waals surface area contributed by atoms with Crippen LogP contribution in [0.3, 0.4) is 0 Å². The van der Waals surface area contributed by atoms with Crippen LogP contribution in [0.5, 0.6) is 0 Å². The fourth-order valence-electron chi connectivity index (χ4n) is 1.59. The zero-order chi connectivity index (χ0) is 14.8. The number of hydrogen-bond acceptors (Lipinski definition) is 4. The van der Waals surface area contributed by atoms with E-state index in [1.807, 2.05) is 31.2 Å². The van der Waals surface area contributed by atoms with Gasteiger partial charge in [-0.1, -0.05) is 24.3 Å². The van der Waals surface area contributed by atoms with Gasteiger partial charge in [0.1, 0.15) is 0 Å². The third-order valence-electron chi connectivity index (χ3n) is 2.69. The average Bonchev–Trinajstić information content (AvgIpc) is 2.49. The van der Waals surface area contributed by atoms with Crippen molar-refractivity contribution in [3.8, 4) is 0 Å². The number of carbonyl (C=O) groups is 2. The topological polar surface area (TPSA) is 93.5 Å². The van der Waals surface area contributed by atoms with Gasteiger partial charge in [0, 0.05) is 13.2 Å². The Kier molecular flexibility index (Phi) is 7.31. The smallest absolute Gasteiger partial charge is 0.239 e. The summed E-state index contributed by atoms with van der Waals surface area (Å²) in [5, 5.41) is 5.16. The van der Waals surface area contributed by atoms with Gasteiger partial charge in [-0.3, -0.25) is 9.59 Å². The van der Waals surface area contributed by atoms with E-state index < -0.39 is 0 Å². The summed E-state index contributed by atoms with van der Waals surface area (Å²) in [7, 11) is 0. The van der Waals surface area contributed by atoms with E-state index >= 15 is 0 Å². The molecule has 1 aromatic rings. The second-order valence-corrected chi connectivity index (χ2v) is 4.16. The van der Waals surface area contributed by atoms with Crippen molar-refractivity contribution in [2.45, 2.75) is 20.1 Å². The second kappa shape index (κ2) is 9.06. The van der Waals surface area contributed by atoms with Crippen LogP contribution in [0.2, 0.25) is 0 Å². The monoisotopic (exact) mass is 279 g/mol. The van der Waals surface area contributed by atoms with Crippen LogP contribution < -0.4 is 16.4 Å². The number of rotatable bonds is 8. The minimum absolute atomic E-state index is 0.0658. The molecule has 2 amide bonds. The van der Waals surface area contributed by atoms with Crippen molar-refractivity contribution in [2.24, 2.45) is 5.73 Å². The molecule has 0 unspecified atom stereocenters. The van der Waals surface area contributed by atoms with Crippen molar-refractivity contribution in [2.75, 3.05) is 19.7 Å². The molecule has 1 rings (SSSR count). The lowest BCUT2D eigenvalue weighted by atomic mass is 10.1. The Balaban J connectivity index is 2.44. The zero-order valence-electron chi connectivity index (χ0n) is 11.6. The number of amides is 2. The molecule has 0 aliphatic heterocycles. The van der Waals surface area contributed by atoms with Crippen molar-refractivity contribution in [3.05, 3.63) is 35.4 Å². The Bertz CT molecular complexity index is 449. The average molecular weight is 279 g/mol. The van der Waals surface area contributed by atoms with Crippen LogP contribution >= 0.6 is 0 Å². The lowest BCUT2D eigenvalue weighted by Crippen LogP contribution is -2.39. The van der Waals surface area contributed by atoms with Gasteiger partial charge in [0.15, 0.2) is 0 Å². The molecule has 0 aliphatic rings. The van der Waals surface area contributed by atoms with E-state index in [4.69, 9.17) is 10.5 Å². The highest BCUT2D eigenvalue weighted by Gasteiger charge is 2.06. The number of nitrogens with one attached hydrogen (secondary N) is 2. The molecule has 0 saturated carbocycles. The van der Waals surface area contributed by atoms with Crippen molar-refractivity contribution >= 4 is 11.8 Å². The number of nitrogens with two attached hydrogens (primary N) is 1. The van der Waals surface area contributed by atoms with E-state index in [0.717, 1.165) is 11.1 Å². The van der Waals surface area contributed by atoms with E-state index in [9.17, 15) is 9.59 Å². The lowest BCUT2D eigenvalue weighted by molar-refractivity contribution is -0.125. The van der Waals surface area contributed by atoms with Crippen molar-refractivity contribution < 1.29 is 14.3 Å². The van der Waals surface area contributed by atoms with Crippen LogP contribution in [0.25, 0.3) is 0 Å². The van der Waals surface area contributed by atoms with Crippen LogP contribution in [0, 0.1) is 0 Å². The molecule has 20 heavy (non-hydrogen) atoms. The van der Waals surface area contributed by atoms with Crippen molar-refractivity contribution in [1.82, 2.24) is 10.6 Å². The van der Waals surface area contributed by atoms with Crippen LogP contribution in [0.15, 0.2) is 24.3 Å². The van der Waals surface area contributed by atoms with Gasteiger partial charge < -0.3 is 21.1 Å². The molecule has 4 N–H and O–H groups in total. The first kappa shape index (κ1) is 16.1. The predicted octanol–water partition coefficient (Wildman–Crippen LogP) is -0.0858. The third-order valence-corrected chi connectivity index (χ3v) is 2.69. The van der Waals surface area contributed by atoms with Crippen molar-refractivity contribution in [3.63, 3.8) is 0 Å². The first-order chi connectivity index (χ1) is 9.67. The number of carbonyl (C=O) groups excluding carboxylic acids is 2. The van der Waals surface area contributed by atoms with Crippen LogP contribution in [0.4, 0.5) is 0 Å². The van der Waals surface area contributed by atoms with Gasteiger partial charge in [0.2, 0.25) is 11.8 Å². The Hall–Kier alpha value is -1.92. The highest BCUT2D eigenvalue weighted by atomic mass is 16.5. The summed E-state index contributed by atoms with van der Waals surface area (Å²) in [6.07, 6.45) is 0. The first-order valence-corrected chi connectivity index (χ1v) is 6.55. The summed E-state index contributed by atoms with van der Waals surface area (Å²) in [6.45, 7) is 3.32. The number of ether oxygens (including phenoxy) is 1. The molecule has 0 bridgehead atoms. The molecular weight excluding hydrogens is 258 g/mol. The van der Waals surface area contributed by atoms with Gasteiger partial charge in [-0.05, 0) is 18.1 Å². The summed E-state index contributed by atoms with van der Waals surface area (Å²) in [5.41, 5.74) is 7.17. The van der Waals surface area contributed by atoms with Gasteiger partial charge in [-0.2, -0.15) is 0 Å². The standard InChI is InChI=1S/C14H21N3O3/c1-2-20-10-12-6-4-3-5-11(12)8-16-14(19)9-17-13(18)7-15/h3-6H,2,7-10,15H2,1H3,(H,16,19)(H,17,18). The molecule has 0 atom stereocenters. The fraction of sp³-hybridized carbons (Fsp3) is 0.429. The van der Waals surface area contributed by atoms with Gasteiger partial charge in [0.25, 0.3) is 0 Å². The quantitative estimate of drug-likeness (QED) is 0.620.